The number of benzene rings is 1. The van der Waals surface area contributed by atoms with Crippen LogP contribution in [0.1, 0.15) is 44.6 Å². The average Bonchev–Trinajstić information content (AvgIpc) is 2.60. The Morgan fingerprint density at radius 2 is 1.96 bits per heavy atom. The van der Waals surface area contributed by atoms with E-state index in [2.05, 4.69) is 17.4 Å². The molecule has 24 heavy (non-hydrogen) atoms. The highest BCUT2D eigenvalue weighted by Gasteiger charge is 2.22. The highest BCUT2D eigenvalue weighted by Crippen LogP contribution is 2.27. The lowest BCUT2D eigenvalue weighted by Crippen LogP contribution is -2.28. The predicted octanol–water partition coefficient (Wildman–Crippen LogP) is 3.30. The molecule has 0 aromatic heterocycles. The van der Waals surface area contributed by atoms with E-state index < -0.39 is 6.09 Å². The van der Waals surface area contributed by atoms with E-state index in [4.69, 9.17) is 9.47 Å². The minimum atomic E-state index is -0.401. The lowest BCUT2D eigenvalue weighted by Gasteiger charge is -2.27. The van der Waals surface area contributed by atoms with E-state index in [1.807, 2.05) is 19.1 Å². The van der Waals surface area contributed by atoms with Crippen molar-refractivity contribution in [2.24, 2.45) is 5.92 Å². The minimum Gasteiger partial charge on any atom is -0.492 e. The third-order valence-electron chi connectivity index (χ3n) is 4.37. The highest BCUT2D eigenvalue weighted by molar-refractivity contribution is 5.66. The van der Waals surface area contributed by atoms with Crippen LogP contribution in [0.5, 0.6) is 5.75 Å². The van der Waals surface area contributed by atoms with Crippen LogP contribution in [-0.4, -0.2) is 37.1 Å². The fourth-order valence-corrected chi connectivity index (χ4v) is 3.02. The molecule has 0 aliphatic heterocycles. The van der Waals surface area contributed by atoms with Gasteiger partial charge in [-0.3, -0.25) is 0 Å². The number of ether oxygens (including phenoxy) is 2. The molecule has 5 heteroatoms. The zero-order valence-corrected chi connectivity index (χ0v) is 14.5. The van der Waals surface area contributed by atoms with E-state index in [-0.39, 0.29) is 6.10 Å². The van der Waals surface area contributed by atoms with Crippen molar-refractivity contribution in [2.75, 3.05) is 19.8 Å². The number of rotatable bonds is 8. The summed E-state index contributed by atoms with van der Waals surface area (Å²) in [6, 6.07) is 8.00. The van der Waals surface area contributed by atoms with E-state index in [1.54, 1.807) is 0 Å². The van der Waals surface area contributed by atoms with Gasteiger partial charge in [-0.2, -0.15) is 0 Å². The molecule has 1 saturated carbocycles. The largest absolute Gasteiger partial charge is 0.492 e. The van der Waals surface area contributed by atoms with Crippen molar-refractivity contribution in [2.45, 2.75) is 51.6 Å². The van der Waals surface area contributed by atoms with Crippen LogP contribution in [0.15, 0.2) is 24.3 Å². The van der Waals surface area contributed by atoms with Crippen LogP contribution in [0, 0.1) is 5.92 Å². The van der Waals surface area contributed by atoms with Gasteiger partial charge in [-0.05, 0) is 49.3 Å². The van der Waals surface area contributed by atoms with Gasteiger partial charge in [-0.1, -0.05) is 31.9 Å². The Balaban J connectivity index is 1.67. The average molecular weight is 335 g/mol. The van der Waals surface area contributed by atoms with Gasteiger partial charge in [0.2, 0.25) is 0 Å². The lowest BCUT2D eigenvalue weighted by atomic mass is 9.82. The molecular formula is C19H29NO4. The van der Waals surface area contributed by atoms with Crippen molar-refractivity contribution in [3.05, 3.63) is 29.8 Å². The first kappa shape index (κ1) is 18.6. The number of carbonyl (C=O) groups is 1. The molecule has 0 unspecified atom stereocenters. The van der Waals surface area contributed by atoms with Gasteiger partial charge in [0, 0.05) is 0 Å². The van der Waals surface area contributed by atoms with Gasteiger partial charge in [0.1, 0.15) is 12.4 Å². The summed E-state index contributed by atoms with van der Waals surface area (Å²) in [5.41, 5.74) is 1.23. The Labute approximate surface area is 144 Å². The molecule has 0 bridgehead atoms. The van der Waals surface area contributed by atoms with Crippen molar-refractivity contribution >= 4 is 6.09 Å². The first-order valence-electron chi connectivity index (χ1n) is 8.99. The van der Waals surface area contributed by atoms with Gasteiger partial charge in [0.05, 0.1) is 19.3 Å². The summed E-state index contributed by atoms with van der Waals surface area (Å²) in [4.78, 5) is 11.3. The standard InChI is InChI=1S/C19H29NO4/c1-2-12-24-19(22)20-11-13-23-17-9-7-15(8-10-17)14-16-5-3-4-6-18(16)21/h7-10,16,18,21H,2-6,11-14H2,1H3,(H,20,22)/t16-,18-/m0/s1. The Morgan fingerprint density at radius 1 is 1.21 bits per heavy atom. The SMILES string of the molecule is CCCOC(=O)NCCOc1ccc(C[C@@H]2CCCC[C@@H]2O)cc1. The number of hydrogen-bond donors (Lipinski definition) is 2. The second-order valence-electron chi connectivity index (χ2n) is 6.37. The Morgan fingerprint density at radius 3 is 2.67 bits per heavy atom. The topological polar surface area (TPSA) is 67.8 Å². The van der Waals surface area contributed by atoms with Gasteiger partial charge >= 0.3 is 6.09 Å². The number of alkyl carbamates (subject to hydrolysis) is 1. The van der Waals surface area contributed by atoms with Crippen LogP contribution in [0.2, 0.25) is 0 Å². The second-order valence-corrected chi connectivity index (χ2v) is 6.37. The molecule has 1 amide bonds. The summed E-state index contributed by atoms with van der Waals surface area (Å²) >= 11 is 0. The first-order valence-corrected chi connectivity index (χ1v) is 8.99. The molecule has 1 fully saturated rings. The second kappa shape index (κ2) is 10.2. The minimum absolute atomic E-state index is 0.159. The molecule has 0 spiro atoms. The Kier molecular flexibility index (Phi) is 7.89. The van der Waals surface area contributed by atoms with Crippen molar-refractivity contribution in [1.29, 1.82) is 0 Å². The summed E-state index contributed by atoms with van der Waals surface area (Å²) in [6.07, 6.45) is 5.58. The Bertz CT molecular complexity index is 489. The zero-order chi connectivity index (χ0) is 17.2. The Hall–Kier alpha value is -1.75. The monoisotopic (exact) mass is 335 g/mol. The highest BCUT2D eigenvalue weighted by atomic mass is 16.5. The van der Waals surface area contributed by atoms with Crippen LogP contribution in [0.4, 0.5) is 4.79 Å². The van der Waals surface area contributed by atoms with Crippen molar-refractivity contribution in [3.63, 3.8) is 0 Å². The molecule has 2 rings (SSSR count). The molecule has 5 nitrogen and oxygen atoms in total. The molecule has 1 aromatic rings. The molecule has 0 radical (unpaired) electrons. The van der Waals surface area contributed by atoms with E-state index in [9.17, 15) is 9.90 Å². The van der Waals surface area contributed by atoms with Gasteiger partial charge < -0.3 is 19.9 Å². The quantitative estimate of drug-likeness (QED) is 0.715. The van der Waals surface area contributed by atoms with Crippen LogP contribution >= 0.6 is 0 Å². The summed E-state index contributed by atoms with van der Waals surface area (Å²) in [7, 11) is 0. The maximum Gasteiger partial charge on any atom is 0.407 e. The van der Waals surface area contributed by atoms with E-state index in [1.165, 1.54) is 12.0 Å². The molecule has 0 saturated heterocycles. The van der Waals surface area contributed by atoms with Gasteiger partial charge in [-0.15, -0.1) is 0 Å². The first-order chi connectivity index (χ1) is 11.7. The number of nitrogens with one attached hydrogen (secondary N) is 1. The summed E-state index contributed by atoms with van der Waals surface area (Å²) in [5.74, 6) is 1.16. The molecule has 1 aliphatic rings. The molecule has 1 aromatic carbocycles. The van der Waals surface area contributed by atoms with Crippen molar-refractivity contribution in [3.8, 4) is 5.75 Å². The van der Waals surface area contributed by atoms with Gasteiger partial charge in [-0.25, -0.2) is 4.79 Å². The summed E-state index contributed by atoms with van der Waals surface area (Å²) in [6.45, 7) is 3.21. The fraction of sp³-hybridized carbons (Fsp3) is 0.632. The van der Waals surface area contributed by atoms with Crippen molar-refractivity contribution in [1.82, 2.24) is 5.32 Å². The lowest BCUT2D eigenvalue weighted by molar-refractivity contribution is 0.0700. The normalized spacial score (nSPS) is 20.4. The molecule has 1 aliphatic carbocycles. The summed E-state index contributed by atoms with van der Waals surface area (Å²) < 4.78 is 10.5. The molecule has 2 atom stereocenters. The number of amides is 1. The maximum absolute atomic E-state index is 11.3. The number of hydrogen-bond acceptors (Lipinski definition) is 4. The molecule has 2 N–H and O–H groups in total. The van der Waals surface area contributed by atoms with Crippen molar-refractivity contribution < 1.29 is 19.4 Å². The third kappa shape index (κ3) is 6.40. The van der Waals surface area contributed by atoms with Crippen LogP contribution in [0.25, 0.3) is 0 Å². The fourth-order valence-electron chi connectivity index (χ4n) is 3.02. The van der Waals surface area contributed by atoms with E-state index in [0.29, 0.717) is 25.7 Å². The smallest absolute Gasteiger partial charge is 0.407 e. The molecule has 134 valence electrons. The maximum atomic E-state index is 11.3. The number of carbonyl (C=O) groups excluding carboxylic acids is 1. The van der Waals surface area contributed by atoms with E-state index in [0.717, 1.165) is 37.9 Å². The third-order valence-corrected chi connectivity index (χ3v) is 4.37. The number of aliphatic hydroxyl groups excluding tert-OH is 1. The number of aliphatic hydroxyl groups is 1. The van der Waals surface area contributed by atoms with Gasteiger partial charge in [0.15, 0.2) is 0 Å². The molecule has 0 heterocycles. The van der Waals surface area contributed by atoms with Crippen LogP contribution in [-0.2, 0) is 11.2 Å². The molecular weight excluding hydrogens is 306 g/mol. The zero-order valence-electron chi connectivity index (χ0n) is 14.5. The van der Waals surface area contributed by atoms with Crippen LogP contribution in [0.3, 0.4) is 0 Å². The van der Waals surface area contributed by atoms with Crippen LogP contribution < -0.4 is 10.1 Å². The summed E-state index contributed by atoms with van der Waals surface area (Å²) in [5, 5.41) is 12.7. The predicted molar refractivity (Wildman–Crippen MR) is 93.2 cm³/mol. The van der Waals surface area contributed by atoms with Gasteiger partial charge in [0.25, 0.3) is 0 Å². The van der Waals surface area contributed by atoms with E-state index >= 15 is 0 Å².